The highest BCUT2D eigenvalue weighted by Gasteiger charge is 2.27. The van der Waals surface area contributed by atoms with Gasteiger partial charge in [-0.3, -0.25) is 4.79 Å². The van der Waals surface area contributed by atoms with E-state index in [0.717, 1.165) is 18.2 Å². The molecule has 9 heteroatoms. The van der Waals surface area contributed by atoms with E-state index in [-0.39, 0.29) is 6.42 Å². The highest BCUT2D eigenvalue weighted by molar-refractivity contribution is 7.89. The first-order valence-corrected chi connectivity index (χ1v) is 6.86. The SMILES string of the molecule is N#Cc1c(F)cccc1S(=O)(=O)NC(CCO)C(=O)O. The Bertz CT molecular complexity index is 653. The lowest BCUT2D eigenvalue weighted by molar-refractivity contribution is -0.139. The Labute approximate surface area is 114 Å². The number of aliphatic carboxylic acids is 1. The number of rotatable bonds is 6. The van der Waals surface area contributed by atoms with Crippen molar-refractivity contribution in [2.24, 2.45) is 0 Å². The molecule has 0 fully saturated rings. The fourth-order valence-electron chi connectivity index (χ4n) is 1.45. The molecule has 20 heavy (non-hydrogen) atoms. The van der Waals surface area contributed by atoms with Crippen molar-refractivity contribution in [2.75, 3.05) is 6.61 Å². The first kappa shape index (κ1) is 16.0. The van der Waals surface area contributed by atoms with Crippen LogP contribution in [0.15, 0.2) is 23.1 Å². The summed E-state index contributed by atoms with van der Waals surface area (Å²) in [7, 11) is -4.40. The molecule has 7 nitrogen and oxygen atoms in total. The zero-order chi connectivity index (χ0) is 15.3. The van der Waals surface area contributed by atoms with Crippen LogP contribution in [-0.4, -0.2) is 37.2 Å². The zero-order valence-corrected chi connectivity index (χ0v) is 10.9. The van der Waals surface area contributed by atoms with Crippen LogP contribution >= 0.6 is 0 Å². The number of benzene rings is 1. The number of nitrogens with one attached hydrogen (secondary N) is 1. The molecule has 0 aliphatic heterocycles. The lowest BCUT2D eigenvalue weighted by Crippen LogP contribution is -2.41. The number of aliphatic hydroxyl groups excluding tert-OH is 1. The number of sulfonamides is 1. The van der Waals surface area contributed by atoms with E-state index >= 15 is 0 Å². The number of nitriles is 1. The fraction of sp³-hybridized carbons (Fsp3) is 0.273. The minimum absolute atomic E-state index is 0.355. The number of carboxylic acids is 1. The second kappa shape index (κ2) is 6.42. The van der Waals surface area contributed by atoms with Crippen LogP contribution < -0.4 is 4.72 Å². The molecule has 0 amide bonds. The second-order valence-electron chi connectivity index (χ2n) is 3.75. The number of hydrogen-bond donors (Lipinski definition) is 3. The molecule has 0 saturated carbocycles. The Kier molecular flexibility index (Phi) is 5.15. The van der Waals surface area contributed by atoms with Crippen LogP contribution in [0.3, 0.4) is 0 Å². The molecule has 108 valence electrons. The number of hydrogen-bond acceptors (Lipinski definition) is 5. The summed E-state index contributed by atoms with van der Waals surface area (Å²) < 4.78 is 39.1. The van der Waals surface area contributed by atoms with Crippen LogP contribution in [0.4, 0.5) is 4.39 Å². The minimum atomic E-state index is -4.40. The van der Waals surface area contributed by atoms with Crippen LogP contribution in [0.25, 0.3) is 0 Å². The monoisotopic (exact) mass is 302 g/mol. The van der Waals surface area contributed by atoms with Gasteiger partial charge >= 0.3 is 5.97 Å². The highest BCUT2D eigenvalue weighted by Crippen LogP contribution is 2.18. The van der Waals surface area contributed by atoms with Gasteiger partial charge in [-0.15, -0.1) is 0 Å². The van der Waals surface area contributed by atoms with Crippen LogP contribution in [-0.2, 0) is 14.8 Å². The van der Waals surface area contributed by atoms with Crippen LogP contribution in [0.1, 0.15) is 12.0 Å². The van der Waals surface area contributed by atoms with Crippen molar-refractivity contribution in [3.8, 4) is 6.07 Å². The summed E-state index contributed by atoms with van der Waals surface area (Å²) in [4.78, 5) is 10.2. The van der Waals surface area contributed by atoms with Gasteiger partial charge in [-0.05, 0) is 18.6 Å². The largest absolute Gasteiger partial charge is 0.480 e. The molecule has 0 spiro atoms. The zero-order valence-electron chi connectivity index (χ0n) is 10.1. The lowest BCUT2D eigenvalue weighted by atomic mass is 10.2. The lowest BCUT2D eigenvalue weighted by Gasteiger charge is -2.14. The van der Waals surface area contributed by atoms with E-state index in [1.807, 2.05) is 0 Å². The molecule has 1 aromatic carbocycles. The number of nitrogens with zero attached hydrogens (tertiary/aromatic N) is 1. The van der Waals surface area contributed by atoms with Crippen LogP contribution in [0.5, 0.6) is 0 Å². The summed E-state index contributed by atoms with van der Waals surface area (Å²) in [5, 5.41) is 26.3. The first-order valence-electron chi connectivity index (χ1n) is 5.38. The number of halogens is 1. The van der Waals surface area contributed by atoms with Crippen molar-refractivity contribution in [1.82, 2.24) is 4.72 Å². The molecule has 0 saturated heterocycles. The van der Waals surface area contributed by atoms with Crippen molar-refractivity contribution in [3.05, 3.63) is 29.6 Å². The molecule has 3 N–H and O–H groups in total. The molecular weight excluding hydrogens is 291 g/mol. The first-order chi connectivity index (χ1) is 9.33. The van der Waals surface area contributed by atoms with E-state index in [2.05, 4.69) is 0 Å². The molecule has 1 atom stereocenters. The Balaban J connectivity index is 3.21. The van der Waals surface area contributed by atoms with E-state index in [0.29, 0.717) is 0 Å². The standard InChI is InChI=1S/C11H11FN2O5S/c12-8-2-1-3-10(7(8)6-13)20(18,19)14-9(4-5-15)11(16)17/h1-3,9,14-15H,4-5H2,(H,16,17). The van der Waals surface area contributed by atoms with Crippen LogP contribution in [0, 0.1) is 17.1 Å². The van der Waals surface area contributed by atoms with Gasteiger partial charge in [-0.2, -0.15) is 9.98 Å². The van der Waals surface area contributed by atoms with Gasteiger partial charge in [0.15, 0.2) is 0 Å². The third-order valence-corrected chi connectivity index (χ3v) is 3.90. The molecule has 1 rings (SSSR count). The maximum Gasteiger partial charge on any atom is 0.321 e. The van der Waals surface area contributed by atoms with Gasteiger partial charge in [0.2, 0.25) is 10.0 Å². The molecule has 0 heterocycles. The number of aliphatic hydroxyl groups is 1. The van der Waals surface area contributed by atoms with E-state index < -0.39 is 44.9 Å². The Morgan fingerprint density at radius 3 is 2.65 bits per heavy atom. The topological polar surface area (TPSA) is 127 Å². The summed E-state index contributed by atoms with van der Waals surface area (Å²) in [5.41, 5.74) is -0.701. The summed E-state index contributed by atoms with van der Waals surface area (Å²) in [6, 6.07) is 2.84. The van der Waals surface area contributed by atoms with E-state index in [1.54, 1.807) is 4.72 Å². The Morgan fingerprint density at radius 2 is 2.15 bits per heavy atom. The molecular formula is C11H11FN2O5S. The van der Waals surface area contributed by atoms with Crippen molar-refractivity contribution < 1.29 is 27.8 Å². The fourth-order valence-corrected chi connectivity index (χ4v) is 2.84. The van der Waals surface area contributed by atoms with E-state index in [1.165, 1.54) is 6.07 Å². The third kappa shape index (κ3) is 3.51. The van der Waals surface area contributed by atoms with Gasteiger partial charge in [0.1, 0.15) is 28.4 Å². The number of carboxylic acid groups (broad SMARTS) is 1. The molecule has 0 aromatic heterocycles. The molecule has 1 aromatic rings. The average Bonchev–Trinajstić information content (AvgIpc) is 2.37. The Hall–Kier alpha value is -2.02. The second-order valence-corrected chi connectivity index (χ2v) is 5.43. The maximum atomic E-state index is 13.4. The molecule has 1 unspecified atom stereocenters. The van der Waals surface area contributed by atoms with Gasteiger partial charge in [-0.25, -0.2) is 12.8 Å². The van der Waals surface area contributed by atoms with Crippen molar-refractivity contribution >= 4 is 16.0 Å². The molecule has 0 radical (unpaired) electrons. The van der Waals surface area contributed by atoms with Crippen molar-refractivity contribution in [1.29, 1.82) is 5.26 Å². The summed E-state index contributed by atoms with van der Waals surface area (Å²) >= 11 is 0. The Morgan fingerprint density at radius 1 is 1.50 bits per heavy atom. The van der Waals surface area contributed by atoms with Gasteiger partial charge in [-0.1, -0.05) is 6.07 Å². The smallest absolute Gasteiger partial charge is 0.321 e. The minimum Gasteiger partial charge on any atom is -0.480 e. The van der Waals surface area contributed by atoms with Gasteiger partial charge in [0, 0.05) is 6.61 Å². The van der Waals surface area contributed by atoms with Crippen LogP contribution in [0.2, 0.25) is 0 Å². The summed E-state index contributed by atoms with van der Waals surface area (Å²) in [6.07, 6.45) is -0.355. The molecule has 0 aliphatic carbocycles. The van der Waals surface area contributed by atoms with Gasteiger partial charge in [0.05, 0.1) is 0 Å². The predicted octanol–water partition coefficient (Wildman–Crippen LogP) is -0.189. The van der Waals surface area contributed by atoms with Gasteiger partial charge in [0.25, 0.3) is 0 Å². The quantitative estimate of drug-likeness (QED) is 0.668. The predicted molar refractivity (Wildman–Crippen MR) is 64.6 cm³/mol. The normalized spacial score (nSPS) is 12.7. The highest BCUT2D eigenvalue weighted by atomic mass is 32.2. The molecule has 0 bridgehead atoms. The molecule has 0 aliphatic rings. The van der Waals surface area contributed by atoms with E-state index in [9.17, 15) is 17.6 Å². The summed E-state index contributed by atoms with van der Waals surface area (Å²) in [5.74, 6) is -2.51. The van der Waals surface area contributed by atoms with Crippen molar-refractivity contribution in [2.45, 2.75) is 17.4 Å². The van der Waals surface area contributed by atoms with E-state index in [4.69, 9.17) is 15.5 Å². The average molecular weight is 302 g/mol. The third-order valence-electron chi connectivity index (χ3n) is 2.39. The number of carbonyl (C=O) groups is 1. The maximum absolute atomic E-state index is 13.4. The summed E-state index contributed by atoms with van der Waals surface area (Å²) in [6.45, 7) is -0.548. The van der Waals surface area contributed by atoms with Crippen molar-refractivity contribution in [3.63, 3.8) is 0 Å². The van der Waals surface area contributed by atoms with Gasteiger partial charge < -0.3 is 10.2 Å².